The van der Waals surface area contributed by atoms with Crippen molar-refractivity contribution in [1.82, 2.24) is 9.55 Å². The molecule has 0 saturated heterocycles. The highest BCUT2D eigenvalue weighted by atomic mass is 35.5. The molecule has 0 fully saturated rings. The van der Waals surface area contributed by atoms with Crippen LogP contribution in [0.3, 0.4) is 0 Å². The highest BCUT2D eigenvalue weighted by molar-refractivity contribution is 7.99. The van der Waals surface area contributed by atoms with Crippen LogP contribution in [0.2, 0.25) is 5.02 Å². The second kappa shape index (κ2) is 5.50. The Bertz CT molecular complexity index is 698. The fourth-order valence-corrected chi connectivity index (χ4v) is 3.15. The topological polar surface area (TPSA) is 44.1 Å². The molecule has 1 aliphatic heterocycles. The third-order valence-electron chi connectivity index (χ3n) is 3.12. The molecule has 0 atom stereocenters. The van der Waals surface area contributed by atoms with Gasteiger partial charge in [0.2, 0.25) is 5.88 Å². The molecular formula is C14H13ClN2O2S. The zero-order valence-corrected chi connectivity index (χ0v) is 12.5. The Morgan fingerprint density at radius 3 is 2.85 bits per heavy atom. The summed E-state index contributed by atoms with van der Waals surface area (Å²) in [5, 5.41) is 1.38. The van der Waals surface area contributed by atoms with E-state index in [0.717, 1.165) is 17.5 Å². The van der Waals surface area contributed by atoms with Crippen LogP contribution in [-0.4, -0.2) is 15.3 Å². The summed E-state index contributed by atoms with van der Waals surface area (Å²) in [6.45, 7) is 2.66. The first-order valence-electron chi connectivity index (χ1n) is 6.39. The lowest BCUT2D eigenvalue weighted by molar-refractivity contribution is 0.438. The summed E-state index contributed by atoms with van der Waals surface area (Å²) in [6.07, 6.45) is 0.597. The monoisotopic (exact) mass is 308 g/mol. The van der Waals surface area contributed by atoms with E-state index in [1.807, 2.05) is 6.92 Å². The average molecular weight is 309 g/mol. The number of hydrogen-bond donors (Lipinski definition) is 0. The minimum Gasteiger partial charge on any atom is -0.438 e. The molecule has 0 unspecified atom stereocenters. The van der Waals surface area contributed by atoms with Gasteiger partial charge in [0.25, 0.3) is 5.56 Å². The van der Waals surface area contributed by atoms with E-state index in [2.05, 4.69) is 4.98 Å². The van der Waals surface area contributed by atoms with Crippen LogP contribution in [0.4, 0.5) is 0 Å². The molecule has 0 bridgehead atoms. The predicted octanol–water partition coefficient (Wildman–Crippen LogP) is 3.36. The molecule has 0 aliphatic carbocycles. The first-order chi connectivity index (χ1) is 9.69. The Hall–Kier alpha value is -1.46. The molecule has 0 N–H and O–H groups in total. The standard InChI is InChI=1S/C14H13ClN2O2S/c1-2-11-12(19-10-5-3-9(15)4-6-10)16-14-17(13(11)18)7-8-20-14/h3-6H,2,7-8H2,1H3. The molecule has 0 saturated carbocycles. The van der Waals surface area contributed by atoms with Gasteiger partial charge in [-0.1, -0.05) is 30.3 Å². The summed E-state index contributed by atoms with van der Waals surface area (Å²) in [5.74, 6) is 1.92. The number of thioether (sulfide) groups is 1. The summed E-state index contributed by atoms with van der Waals surface area (Å²) in [7, 11) is 0. The summed E-state index contributed by atoms with van der Waals surface area (Å²) in [4.78, 5) is 16.8. The van der Waals surface area contributed by atoms with Crippen LogP contribution in [0.15, 0.2) is 34.2 Å². The Balaban J connectivity index is 2.03. The van der Waals surface area contributed by atoms with Crippen molar-refractivity contribution in [2.24, 2.45) is 0 Å². The minimum absolute atomic E-state index is 0.00598. The van der Waals surface area contributed by atoms with E-state index in [1.165, 1.54) is 0 Å². The molecule has 1 aromatic carbocycles. The van der Waals surface area contributed by atoms with Gasteiger partial charge >= 0.3 is 0 Å². The molecule has 0 spiro atoms. The lowest BCUT2D eigenvalue weighted by Crippen LogP contribution is -2.24. The molecule has 2 aromatic rings. The van der Waals surface area contributed by atoms with Crippen molar-refractivity contribution in [1.29, 1.82) is 0 Å². The van der Waals surface area contributed by atoms with E-state index in [-0.39, 0.29) is 5.56 Å². The first-order valence-corrected chi connectivity index (χ1v) is 7.75. The van der Waals surface area contributed by atoms with E-state index in [1.54, 1.807) is 40.6 Å². The maximum atomic E-state index is 12.4. The summed E-state index contributed by atoms with van der Waals surface area (Å²) < 4.78 is 7.49. The quantitative estimate of drug-likeness (QED) is 0.816. The van der Waals surface area contributed by atoms with Crippen molar-refractivity contribution in [3.8, 4) is 11.6 Å². The number of aromatic nitrogens is 2. The highest BCUT2D eigenvalue weighted by Gasteiger charge is 2.20. The maximum absolute atomic E-state index is 12.4. The van der Waals surface area contributed by atoms with Gasteiger partial charge in [-0.3, -0.25) is 9.36 Å². The predicted molar refractivity (Wildman–Crippen MR) is 80.1 cm³/mol. The molecule has 0 radical (unpaired) electrons. The molecule has 20 heavy (non-hydrogen) atoms. The number of fused-ring (bicyclic) bond motifs is 1. The molecule has 0 amide bonds. The number of ether oxygens (including phenoxy) is 1. The maximum Gasteiger partial charge on any atom is 0.261 e. The molecule has 4 nitrogen and oxygen atoms in total. The van der Waals surface area contributed by atoms with Crippen LogP contribution in [0, 0.1) is 0 Å². The second-order valence-electron chi connectivity index (χ2n) is 4.39. The van der Waals surface area contributed by atoms with E-state index in [4.69, 9.17) is 16.3 Å². The third-order valence-corrected chi connectivity index (χ3v) is 4.33. The Kier molecular flexibility index (Phi) is 3.72. The number of benzene rings is 1. The van der Waals surface area contributed by atoms with Gasteiger partial charge < -0.3 is 4.74 Å². The van der Waals surface area contributed by atoms with Crippen molar-refractivity contribution in [3.63, 3.8) is 0 Å². The largest absolute Gasteiger partial charge is 0.438 e. The van der Waals surface area contributed by atoms with E-state index in [9.17, 15) is 4.79 Å². The smallest absolute Gasteiger partial charge is 0.261 e. The van der Waals surface area contributed by atoms with Crippen molar-refractivity contribution in [3.05, 3.63) is 45.2 Å². The average Bonchev–Trinajstić information content (AvgIpc) is 2.90. The van der Waals surface area contributed by atoms with Crippen LogP contribution >= 0.6 is 23.4 Å². The van der Waals surface area contributed by atoms with Gasteiger partial charge in [-0.05, 0) is 30.7 Å². The van der Waals surface area contributed by atoms with Gasteiger partial charge in [-0.2, -0.15) is 4.98 Å². The molecule has 104 valence electrons. The summed E-state index contributed by atoms with van der Waals surface area (Å²) >= 11 is 7.43. The zero-order valence-electron chi connectivity index (χ0n) is 10.9. The number of nitrogens with zero attached hydrogens (tertiary/aromatic N) is 2. The second-order valence-corrected chi connectivity index (χ2v) is 5.89. The van der Waals surface area contributed by atoms with Crippen LogP contribution in [-0.2, 0) is 13.0 Å². The Morgan fingerprint density at radius 1 is 1.40 bits per heavy atom. The SMILES string of the molecule is CCc1c(Oc2ccc(Cl)cc2)nc2n(c1=O)CCS2. The lowest BCUT2D eigenvalue weighted by atomic mass is 10.2. The van der Waals surface area contributed by atoms with Crippen molar-refractivity contribution in [2.45, 2.75) is 25.0 Å². The fraction of sp³-hybridized carbons (Fsp3) is 0.286. The van der Waals surface area contributed by atoms with E-state index in [0.29, 0.717) is 28.6 Å². The number of rotatable bonds is 3. The first kappa shape index (κ1) is 13.5. The summed E-state index contributed by atoms with van der Waals surface area (Å²) in [6, 6.07) is 7.03. The van der Waals surface area contributed by atoms with Crippen LogP contribution in [0.5, 0.6) is 11.6 Å². The van der Waals surface area contributed by atoms with Crippen molar-refractivity contribution >= 4 is 23.4 Å². The summed E-state index contributed by atoms with van der Waals surface area (Å²) in [5.41, 5.74) is 0.623. The fourth-order valence-electron chi connectivity index (χ4n) is 2.09. The van der Waals surface area contributed by atoms with Gasteiger partial charge in [-0.15, -0.1) is 0 Å². The molecule has 3 rings (SSSR count). The van der Waals surface area contributed by atoms with Gasteiger partial charge in [0.05, 0.1) is 5.56 Å². The minimum atomic E-state index is 0.00598. The normalized spacial score (nSPS) is 13.3. The lowest BCUT2D eigenvalue weighted by Gasteiger charge is -2.11. The third kappa shape index (κ3) is 2.43. The zero-order chi connectivity index (χ0) is 14.1. The Morgan fingerprint density at radius 2 is 2.15 bits per heavy atom. The molecule has 2 heterocycles. The van der Waals surface area contributed by atoms with Crippen LogP contribution in [0.25, 0.3) is 0 Å². The van der Waals surface area contributed by atoms with Gasteiger partial charge in [0, 0.05) is 17.3 Å². The van der Waals surface area contributed by atoms with Crippen molar-refractivity contribution in [2.75, 3.05) is 5.75 Å². The van der Waals surface area contributed by atoms with Crippen LogP contribution in [0.1, 0.15) is 12.5 Å². The van der Waals surface area contributed by atoms with Crippen LogP contribution < -0.4 is 10.3 Å². The van der Waals surface area contributed by atoms with Gasteiger partial charge in [0.15, 0.2) is 5.16 Å². The van der Waals surface area contributed by atoms with Crippen molar-refractivity contribution < 1.29 is 4.74 Å². The molecular weight excluding hydrogens is 296 g/mol. The van der Waals surface area contributed by atoms with Gasteiger partial charge in [0.1, 0.15) is 5.75 Å². The van der Waals surface area contributed by atoms with E-state index >= 15 is 0 Å². The number of hydrogen-bond acceptors (Lipinski definition) is 4. The Labute approximate surface area is 125 Å². The number of halogens is 1. The van der Waals surface area contributed by atoms with Gasteiger partial charge in [-0.25, -0.2) is 0 Å². The molecule has 1 aliphatic rings. The van der Waals surface area contributed by atoms with E-state index < -0.39 is 0 Å². The molecule has 6 heteroatoms. The molecule has 1 aromatic heterocycles. The highest BCUT2D eigenvalue weighted by Crippen LogP contribution is 2.28.